The predicted molar refractivity (Wildman–Crippen MR) is 145 cm³/mol. The minimum atomic E-state index is -4.80. The van der Waals surface area contributed by atoms with Crippen LogP contribution in [0.25, 0.3) is 6.08 Å². The number of alkyl halides is 3. The first-order valence-corrected chi connectivity index (χ1v) is 12.9. The summed E-state index contributed by atoms with van der Waals surface area (Å²) < 4.78 is 44.9. The monoisotopic (exact) mass is 721 g/mol. The Morgan fingerprint density at radius 3 is 2.20 bits per heavy atom. The first-order valence-electron chi connectivity index (χ1n) is 10.6. The van der Waals surface area contributed by atoms with E-state index in [4.69, 9.17) is 27.9 Å². The molecule has 1 aliphatic heterocycles. The zero-order valence-corrected chi connectivity index (χ0v) is 23.9. The van der Waals surface area contributed by atoms with Gasteiger partial charge in [0.05, 0.1) is 35.2 Å². The number of amides is 4. The van der Waals surface area contributed by atoms with Crippen LogP contribution in [0.2, 0.25) is 10.0 Å². The quantitative estimate of drug-likeness (QED) is 0.124. The predicted octanol–water partition coefficient (Wildman–Crippen LogP) is 7.90. The zero-order chi connectivity index (χ0) is 29.5. The van der Waals surface area contributed by atoms with Gasteiger partial charge in [-0.3, -0.25) is 25.0 Å². The van der Waals surface area contributed by atoms with E-state index in [1.807, 2.05) is 0 Å². The van der Waals surface area contributed by atoms with Gasteiger partial charge in [0.1, 0.15) is 5.57 Å². The standard InChI is InChI=1S/C24H10Br2Cl2F3N3O6/c25-14-6-10(5-13-21(35)32-23(37)33(22(13)36)12-2-3-16(27)17(28)9-12)7-15(26)20(14)40-19-4-1-11(24(29,30)31)8-18(19)34(38)39/h1-9H,(H,32,35,37)/b13-5+. The summed E-state index contributed by atoms with van der Waals surface area (Å²) >= 11 is 18.3. The third kappa shape index (κ3) is 5.99. The van der Waals surface area contributed by atoms with Gasteiger partial charge in [0.15, 0.2) is 5.75 Å². The van der Waals surface area contributed by atoms with E-state index in [-0.39, 0.29) is 36.0 Å². The van der Waals surface area contributed by atoms with Gasteiger partial charge in [-0.2, -0.15) is 13.2 Å². The summed E-state index contributed by atoms with van der Waals surface area (Å²) in [6.07, 6.45) is -3.63. The molecule has 4 rings (SSSR count). The van der Waals surface area contributed by atoms with E-state index in [9.17, 15) is 37.7 Å². The Labute approximate surface area is 248 Å². The summed E-state index contributed by atoms with van der Waals surface area (Å²) in [6, 6.07) is 7.56. The molecule has 16 heteroatoms. The van der Waals surface area contributed by atoms with Gasteiger partial charge < -0.3 is 4.74 Å². The van der Waals surface area contributed by atoms with Gasteiger partial charge >= 0.3 is 17.9 Å². The average Bonchev–Trinajstić information content (AvgIpc) is 2.85. The Hall–Kier alpha value is -3.46. The van der Waals surface area contributed by atoms with Gasteiger partial charge in [-0.1, -0.05) is 23.2 Å². The average molecular weight is 724 g/mol. The Kier molecular flexibility index (Phi) is 8.26. The molecule has 0 unspecified atom stereocenters. The first-order chi connectivity index (χ1) is 18.7. The molecule has 40 heavy (non-hydrogen) atoms. The molecule has 3 aromatic rings. The third-order valence-electron chi connectivity index (χ3n) is 5.29. The van der Waals surface area contributed by atoms with Crippen LogP contribution < -0.4 is 15.0 Å². The summed E-state index contributed by atoms with van der Waals surface area (Å²) in [5, 5.41) is 13.7. The summed E-state index contributed by atoms with van der Waals surface area (Å²) in [4.78, 5) is 49.1. The lowest BCUT2D eigenvalue weighted by atomic mass is 10.1. The minimum Gasteiger partial charge on any atom is -0.448 e. The second-order valence-corrected chi connectivity index (χ2v) is 10.4. The van der Waals surface area contributed by atoms with Crippen molar-refractivity contribution in [3.05, 3.63) is 94.3 Å². The molecule has 0 bridgehead atoms. The van der Waals surface area contributed by atoms with Gasteiger partial charge in [0.2, 0.25) is 5.75 Å². The van der Waals surface area contributed by atoms with Crippen LogP contribution in [0.5, 0.6) is 11.5 Å². The zero-order valence-electron chi connectivity index (χ0n) is 19.2. The fourth-order valence-corrected chi connectivity index (χ4v) is 5.15. The number of nitrogens with zero attached hydrogens (tertiary/aromatic N) is 2. The van der Waals surface area contributed by atoms with Gasteiger partial charge in [-0.15, -0.1) is 0 Å². The van der Waals surface area contributed by atoms with Crippen molar-refractivity contribution in [1.82, 2.24) is 5.32 Å². The number of nitro groups is 1. The topological polar surface area (TPSA) is 119 Å². The molecule has 0 saturated carbocycles. The maximum absolute atomic E-state index is 13.1. The number of halogens is 7. The Balaban J connectivity index is 1.69. The number of hydrogen-bond acceptors (Lipinski definition) is 6. The number of ether oxygens (including phenoxy) is 1. The largest absolute Gasteiger partial charge is 0.448 e. The molecule has 0 spiro atoms. The molecule has 1 fully saturated rings. The molecule has 0 aromatic heterocycles. The number of nitro benzene ring substituents is 1. The summed E-state index contributed by atoms with van der Waals surface area (Å²) in [6.45, 7) is 0. The molecular formula is C24H10Br2Cl2F3N3O6. The van der Waals surface area contributed by atoms with Crippen LogP contribution in [0.3, 0.4) is 0 Å². The number of carbonyl (C=O) groups is 3. The SMILES string of the molecule is O=C1NC(=O)N(c2ccc(Cl)c(Cl)c2)C(=O)/C1=C/c1cc(Br)c(Oc2ccc(C(F)(F)F)cc2[N+](=O)[O-])c(Br)c1. The summed E-state index contributed by atoms with van der Waals surface area (Å²) in [5.74, 6) is -2.44. The van der Waals surface area contributed by atoms with Gasteiger partial charge in [-0.25, -0.2) is 9.69 Å². The van der Waals surface area contributed by atoms with E-state index in [0.29, 0.717) is 17.0 Å². The van der Waals surface area contributed by atoms with E-state index in [0.717, 1.165) is 6.07 Å². The summed E-state index contributed by atoms with van der Waals surface area (Å²) in [7, 11) is 0. The number of carbonyl (C=O) groups excluding carboxylic acids is 3. The normalized spacial score (nSPS) is 14.9. The highest BCUT2D eigenvalue weighted by Crippen LogP contribution is 2.43. The lowest BCUT2D eigenvalue weighted by Gasteiger charge is -2.26. The molecule has 0 aliphatic carbocycles. The van der Waals surface area contributed by atoms with Gasteiger partial charge in [0.25, 0.3) is 11.8 Å². The van der Waals surface area contributed by atoms with Crippen LogP contribution in [0.4, 0.5) is 29.3 Å². The number of imide groups is 2. The Bertz CT molecular complexity index is 1630. The fraction of sp³-hybridized carbons (Fsp3) is 0.0417. The van der Waals surface area contributed by atoms with Crippen molar-refractivity contribution in [2.45, 2.75) is 6.18 Å². The number of nitrogens with one attached hydrogen (secondary N) is 1. The fourth-order valence-electron chi connectivity index (χ4n) is 3.48. The smallest absolute Gasteiger partial charge is 0.416 e. The molecule has 9 nitrogen and oxygen atoms in total. The highest BCUT2D eigenvalue weighted by atomic mass is 79.9. The van der Waals surface area contributed by atoms with Crippen LogP contribution in [0.1, 0.15) is 11.1 Å². The molecule has 1 saturated heterocycles. The van der Waals surface area contributed by atoms with E-state index in [1.54, 1.807) is 0 Å². The number of rotatable bonds is 5. The second-order valence-electron chi connectivity index (χ2n) is 7.91. The maximum atomic E-state index is 13.1. The van der Waals surface area contributed by atoms with E-state index >= 15 is 0 Å². The van der Waals surface area contributed by atoms with Crippen molar-refractivity contribution >= 4 is 90.4 Å². The van der Waals surface area contributed by atoms with Crippen LogP contribution in [0, 0.1) is 10.1 Å². The van der Waals surface area contributed by atoms with E-state index in [2.05, 4.69) is 37.2 Å². The second kappa shape index (κ2) is 11.2. The lowest BCUT2D eigenvalue weighted by Crippen LogP contribution is -2.54. The highest BCUT2D eigenvalue weighted by molar-refractivity contribution is 9.11. The van der Waals surface area contributed by atoms with Crippen molar-refractivity contribution in [2.75, 3.05) is 4.90 Å². The first kappa shape index (κ1) is 29.5. The molecule has 3 aromatic carbocycles. The molecule has 0 atom stereocenters. The highest BCUT2D eigenvalue weighted by Gasteiger charge is 2.37. The number of urea groups is 1. The minimum absolute atomic E-state index is 0.0444. The van der Waals surface area contributed by atoms with Crippen LogP contribution >= 0.6 is 55.1 Å². The van der Waals surface area contributed by atoms with Crippen molar-refractivity contribution in [2.24, 2.45) is 0 Å². The van der Waals surface area contributed by atoms with Crippen LogP contribution in [-0.4, -0.2) is 22.8 Å². The number of anilines is 1. The Morgan fingerprint density at radius 2 is 1.62 bits per heavy atom. The molecule has 1 N–H and O–H groups in total. The van der Waals surface area contributed by atoms with E-state index < -0.39 is 51.5 Å². The lowest BCUT2D eigenvalue weighted by molar-refractivity contribution is -0.385. The molecule has 0 radical (unpaired) electrons. The van der Waals surface area contributed by atoms with Crippen molar-refractivity contribution < 1.29 is 37.2 Å². The van der Waals surface area contributed by atoms with Crippen molar-refractivity contribution in [3.63, 3.8) is 0 Å². The molecule has 4 amide bonds. The van der Waals surface area contributed by atoms with Gasteiger partial charge in [0, 0.05) is 6.07 Å². The summed E-state index contributed by atoms with van der Waals surface area (Å²) in [5.41, 5.74) is -2.27. The van der Waals surface area contributed by atoms with Crippen molar-refractivity contribution in [1.29, 1.82) is 0 Å². The molecule has 1 aliphatic rings. The number of barbiturate groups is 1. The third-order valence-corrected chi connectivity index (χ3v) is 7.21. The van der Waals surface area contributed by atoms with Gasteiger partial charge in [-0.05, 0) is 86.0 Å². The number of benzene rings is 3. The molecule has 206 valence electrons. The number of hydrogen-bond donors (Lipinski definition) is 1. The van der Waals surface area contributed by atoms with E-state index in [1.165, 1.54) is 36.4 Å². The molecule has 1 heterocycles. The van der Waals surface area contributed by atoms with Crippen LogP contribution in [-0.2, 0) is 15.8 Å². The maximum Gasteiger partial charge on any atom is 0.416 e. The van der Waals surface area contributed by atoms with Crippen molar-refractivity contribution in [3.8, 4) is 11.5 Å². The Morgan fingerprint density at radius 1 is 0.975 bits per heavy atom. The van der Waals surface area contributed by atoms with Crippen LogP contribution in [0.15, 0.2) is 63.0 Å². The molecular weight excluding hydrogens is 714 g/mol.